The molecule has 1 heterocycles. The number of hydrogen-bond donors (Lipinski definition) is 1. The number of nitrogens with one attached hydrogen (secondary N) is 1. The smallest absolute Gasteiger partial charge is 0.0268 e. The first-order chi connectivity index (χ1) is 5.29. The zero-order chi connectivity index (χ0) is 8.10. The molecular formula is C8H14BrNS. The minimum absolute atomic E-state index is 0.727. The van der Waals surface area contributed by atoms with E-state index in [1.807, 2.05) is 0 Å². The highest BCUT2D eigenvalue weighted by Crippen LogP contribution is 2.17. The normalized spacial score (nSPS) is 20.1. The van der Waals surface area contributed by atoms with Gasteiger partial charge in [-0.05, 0) is 24.3 Å². The van der Waals surface area contributed by atoms with Crippen LogP contribution < -0.4 is 5.32 Å². The zero-order valence-electron chi connectivity index (χ0n) is 6.61. The molecule has 3 heteroatoms. The number of thioether (sulfide) groups is 1. The van der Waals surface area contributed by atoms with Crippen LogP contribution in [-0.4, -0.2) is 24.1 Å². The van der Waals surface area contributed by atoms with Crippen molar-refractivity contribution in [2.24, 2.45) is 0 Å². The Morgan fingerprint density at radius 1 is 1.55 bits per heavy atom. The van der Waals surface area contributed by atoms with Gasteiger partial charge in [0.2, 0.25) is 0 Å². The van der Waals surface area contributed by atoms with Crippen molar-refractivity contribution in [1.29, 1.82) is 0 Å². The summed E-state index contributed by atoms with van der Waals surface area (Å²) in [5, 5.41) is 3.46. The zero-order valence-corrected chi connectivity index (χ0v) is 9.01. The van der Waals surface area contributed by atoms with Crippen molar-refractivity contribution in [3.63, 3.8) is 0 Å². The van der Waals surface area contributed by atoms with Crippen molar-refractivity contribution < 1.29 is 0 Å². The first-order valence-electron chi connectivity index (χ1n) is 3.93. The maximum absolute atomic E-state index is 3.79. The predicted molar refractivity (Wildman–Crippen MR) is 56.4 cm³/mol. The van der Waals surface area contributed by atoms with Gasteiger partial charge in [0.05, 0.1) is 0 Å². The van der Waals surface area contributed by atoms with E-state index in [0.29, 0.717) is 0 Å². The molecule has 0 aromatic rings. The van der Waals surface area contributed by atoms with Crippen LogP contribution in [0.25, 0.3) is 0 Å². The Morgan fingerprint density at radius 2 is 2.18 bits per heavy atom. The Labute approximate surface area is 81.1 Å². The second-order valence-electron chi connectivity index (χ2n) is 2.78. The first kappa shape index (κ1) is 9.62. The van der Waals surface area contributed by atoms with Crippen molar-refractivity contribution in [2.75, 3.05) is 18.1 Å². The van der Waals surface area contributed by atoms with Crippen LogP contribution in [0.15, 0.2) is 11.1 Å². The molecule has 0 aromatic carbocycles. The standard InChI is InChI=1S/C8H14BrNS/c1-7(9)6-10-8-2-4-11-5-3-8/h8,10H,1-6H2. The van der Waals surface area contributed by atoms with Gasteiger partial charge in [0.25, 0.3) is 0 Å². The van der Waals surface area contributed by atoms with E-state index >= 15 is 0 Å². The van der Waals surface area contributed by atoms with E-state index in [2.05, 4.69) is 39.6 Å². The van der Waals surface area contributed by atoms with Gasteiger partial charge in [-0.1, -0.05) is 22.5 Å². The number of hydrogen-bond acceptors (Lipinski definition) is 2. The van der Waals surface area contributed by atoms with Crippen LogP contribution in [0.1, 0.15) is 12.8 Å². The molecule has 0 amide bonds. The molecule has 1 saturated heterocycles. The third kappa shape index (κ3) is 4.19. The van der Waals surface area contributed by atoms with Gasteiger partial charge in [0.15, 0.2) is 0 Å². The molecule has 0 aromatic heterocycles. The summed E-state index contributed by atoms with van der Waals surface area (Å²) in [7, 11) is 0. The Balaban J connectivity index is 2.09. The van der Waals surface area contributed by atoms with Crippen molar-refractivity contribution in [3.05, 3.63) is 11.1 Å². The second kappa shape index (κ2) is 5.22. The summed E-state index contributed by atoms with van der Waals surface area (Å²) in [5.74, 6) is 2.62. The van der Waals surface area contributed by atoms with Gasteiger partial charge in [-0.15, -0.1) is 0 Å². The molecule has 1 N–H and O–H groups in total. The molecule has 0 spiro atoms. The highest BCUT2D eigenvalue weighted by molar-refractivity contribution is 9.11. The van der Waals surface area contributed by atoms with Crippen LogP contribution >= 0.6 is 27.7 Å². The second-order valence-corrected chi connectivity index (χ2v) is 5.13. The third-order valence-electron chi connectivity index (χ3n) is 1.80. The molecule has 64 valence electrons. The largest absolute Gasteiger partial charge is 0.309 e. The molecular weight excluding hydrogens is 222 g/mol. The van der Waals surface area contributed by atoms with Crippen LogP contribution in [0.3, 0.4) is 0 Å². The molecule has 1 aliphatic heterocycles. The lowest BCUT2D eigenvalue weighted by molar-refractivity contribution is 0.507. The monoisotopic (exact) mass is 235 g/mol. The van der Waals surface area contributed by atoms with E-state index in [4.69, 9.17) is 0 Å². The van der Waals surface area contributed by atoms with E-state index in [1.54, 1.807) is 0 Å². The van der Waals surface area contributed by atoms with E-state index in [0.717, 1.165) is 17.1 Å². The highest BCUT2D eigenvalue weighted by Gasteiger charge is 2.11. The molecule has 1 nitrogen and oxygen atoms in total. The van der Waals surface area contributed by atoms with Crippen molar-refractivity contribution in [2.45, 2.75) is 18.9 Å². The van der Waals surface area contributed by atoms with E-state index in [9.17, 15) is 0 Å². The summed E-state index contributed by atoms with van der Waals surface area (Å²) < 4.78 is 1.05. The van der Waals surface area contributed by atoms with Gasteiger partial charge >= 0.3 is 0 Å². The molecule has 0 bridgehead atoms. The summed E-state index contributed by atoms with van der Waals surface area (Å²) in [6.07, 6.45) is 2.62. The van der Waals surface area contributed by atoms with E-state index in [-0.39, 0.29) is 0 Å². The molecule has 0 unspecified atom stereocenters. The van der Waals surface area contributed by atoms with Crippen molar-refractivity contribution >= 4 is 27.7 Å². The summed E-state index contributed by atoms with van der Waals surface area (Å²) in [6.45, 7) is 4.70. The van der Waals surface area contributed by atoms with Crippen molar-refractivity contribution in [3.8, 4) is 0 Å². The number of rotatable bonds is 3. The third-order valence-corrected chi connectivity index (χ3v) is 3.13. The maximum Gasteiger partial charge on any atom is 0.0268 e. The summed E-state index contributed by atoms with van der Waals surface area (Å²) in [4.78, 5) is 0. The number of halogens is 1. The first-order valence-corrected chi connectivity index (χ1v) is 5.88. The quantitative estimate of drug-likeness (QED) is 0.807. The Bertz CT molecular complexity index is 132. The van der Waals surface area contributed by atoms with Gasteiger partial charge in [-0.2, -0.15) is 11.8 Å². The molecule has 1 fully saturated rings. The minimum Gasteiger partial charge on any atom is -0.309 e. The fraction of sp³-hybridized carbons (Fsp3) is 0.750. The summed E-state index contributed by atoms with van der Waals surface area (Å²) >= 11 is 5.40. The van der Waals surface area contributed by atoms with E-state index in [1.165, 1.54) is 24.3 Å². The van der Waals surface area contributed by atoms with Crippen LogP contribution in [0.2, 0.25) is 0 Å². The molecule has 0 saturated carbocycles. The van der Waals surface area contributed by atoms with Gasteiger partial charge in [0, 0.05) is 17.1 Å². The SMILES string of the molecule is C=C(Br)CNC1CCSCC1. The van der Waals surface area contributed by atoms with Gasteiger partial charge in [-0.25, -0.2) is 0 Å². The van der Waals surface area contributed by atoms with Crippen LogP contribution in [-0.2, 0) is 0 Å². The molecule has 0 radical (unpaired) electrons. The Hall–Kier alpha value is 0.530. The van der Waals surface area contributed by atoms with E-state index < -0.39 is 0 Å². The summed E-state index contributed by atoms with van der Waals surface area (Å²) in [6, 6.07) is 0.727. The maximum atomic E-state index is 3.79. The van der Waals surface area contributed by atoms with Gasteiger partial charge < -0.3 is 5.32 Å². The highest BCUT2D eigenvalue weighted by atomic mass is 79.9. The van der Waals surface area contributed by atoms with Crippen LogP contribution in [0, 0.1) is 0 Å². The minimum atomic E-state index is 0.727. The molecule has 1 aliphatic rings. The molecule has 11 heavy (non-hydrogen) atoms. The predicted octanol–water partition coefficient (Wildman–Crippen LogP) is 2.38. The molecule has 1 rings (SSSR count). The van der Waals surface area contributed by atoms with Crippen LogP contribution in [0.4, 0.5) is 0 Å². The average molecular weight is 236 g/mol. The Kier molecular flexibility index (Phi) is 4.57. The average Bonchev–Trinajstić information content (AvgIpc) is 2.03. The lowest BCUT2D eigenvalue weighted by Gasteiger charge is -2.22. The lowest BCUT2D eigenvalue weighted by Crippen LogP contribution is -2.33. The van der Waals surface area contributed by atoms with Crippen molar-refractivity contribution in [1.82, 2.24) is 5.32 Å². The fourth-order valence-electron chi connectivity index (χ4n) is 1.16. The fourth-order valence-corrected chi connectivity index (χ4v) is 2.43. The lowest BCUT2D eigenvalue weighted by atomic mass is 10.1. The van der Waals surface area contributed by atoms with Gasteiger partial charge in [-0.3, -0.25) is 0 Å². The molecule has 0 aliphatic carbocycles. The molecule has 0 atom stereocenters. The topological polar surface area (TPSA) is 12.0 Å². The van der Waals surface area contributed by atoms with Crippen LogP contribution in [0.5, 0.6) is 0 Å². The Morgan fingerprint density at radius 3 is 2.73 bits per heavy atom. The summed E-state index contributed by atoms with van der Waals surface area (Å²) in [5.41, 5.74) is 0. The van der Waals surface area contributed by atoms with Gasteiger partial charge in [0.1, 0.15) is 0 Å².